The molecular weight excluding hydrogens is 166 g/mol. The molecule has 2 aliphatic carbocycles. The van der Waals surface area contributed by atoms with E-state index in [0.717, 1.165) is 0 Å². The smallest absolute Gasteiger partial charge is 0.274 e. The molecule has 0 saturated carbocycles. The van der Waals surface area contributed by atoms with Gasteiger partial charge in [0.05, 0.1) is 0 Å². The number of rotatable bonds is 0. The van der Waals surface area contributed by atoms with E-state index in [1.807, 2.05) is 0 Å². The average molecular weight is 173 g/mol. The molecule has 0 radical (unpaired) electrons. The van der Waals surface area contributed by atoms with Crippen molar-refractivity contribution >= 4 is 10.3 Å². The highest BCUT2D eigenvalue weighted by Gasteiger charge is 2.06. The van der Waals surface area contributed by atoms with Gasteiger partial charge in [-0.05, 0) is 17.2 Å². The Labute approximate surface area is 64.5 Å². The van der Waals surface area contributed by atoms with Crippen molar-refractivity contribution in [2.24, 2.45) is 5.14 Å². The third kappa shape index (κ3) is 3.72. The lowest BCUT2D eigenvalue weighted by molar-refractivity contribution is 0.485. The molecule has 0 heterocycles. The lowest BCUT2D eigenvalue weighted by atomic mass is 10.6. The van der Waals surface area contributed by atoms with Gasteiger partial charge in [-0.25, -0.2) is 5.14 Å². The van der Waals surface area contributed by atoms with Crippen LogP contribution in [0.1, 0.15) is 0 Å². The number of nitrogens with two attached hydrogens (primary N) is 1. The fourth-order valence-electron chi connectivity index (χ4n) is 0.676. The van der Waals surface area contributed by atoms with Crippen molar-refractivity contribution in [3.63, 3.8) is 0 Å². The van der Waals surface area contributed by atoms with Gasteiger partial charge in [0.25, 0.3) is 0 Å². The van der Waals surface area contributed by atoms with Gasteiger partial charge < -0.3 is 0 Å². The van der Waals surface area contributed by atoms with Crippen molar-refractivity contribution in [3.8, 4) is 11.1 Å². The molecule has 4 nitrogen and oxygen atoms in total. The average Bonchev–Trinajstić information content (AvgIpc) is 2.37. The minimum absolute atomic E-state index is 1.43. The van der Waals surface area contributed by atoms with E-state index in [1.54, 1.807) is 0 Å². The van der Waals surface area contributed by atoms with E-state index in [2.05, 4.69) is 29.4 Å². The van der Waals surface area contributed by atoms with E-state index in [-0.39, 0.29) is 0 Å². The highest BCUT2D eigenvalue weighted by molar-refractivity contribution is 7.83. The van der Waals surface area contributed by atoms with Crippen molar-refractivity contribution in [1.29, 1.82) is 0 Å². The Kier molecular flexibility index (Phi) is 1.95. The summed E-state index contributed by atoms with van der Waals surface area (Å²) in [6.07, 6.45) is 0. The summed E-state index contributed by atoms with van der Waals surface area (Å²) in [5.41, 5.74) is 2.85. The molecule has 2 aliphatic rings. The fraction of sp³-hybridized carbons (Fsp3) is 0. The van der Waals surface area contributed by atoms with Crippen LogP contribution in [0, 0.1) is 0 Å². The summed E-state index contributed by atoms with van der Waals surface area (Å²) in [7, 11) is -4.17. The molecule has 0 unspecified atom stereocenters. The van der Waals surface area contributed by atoms with Gasteiger partial charge in [-0.3, -0.25) is 4.55 Å². The summed E-state index contributed by atoms with van der Waals surface area (Å²) in [4.78, 5) is 0. The summed E-state index contributed by atoms with van der Waals surface area (Å²) in [5, 5.41) is 3.88. The molecule has 11 heavy (non-hydrogen) atoms. The monoisotopic (exact) mass is 173 g/mol. The quantitative estimate of drug-likeness (QED) is 0.566. The topological polar surface area (TPSA) is 80.4 Å². The van der Waals surface area contributed by atoms with Gasteiger partial charge in [0, 0.05) is 0 Å². The first-order chi connectivity index (χ1) is 4.97. The molecule has 0 aliphatic heterocycles. The minimum Gasteiger partial charge on any atom is -0.274 e. The van der Waals surface area contributed by atoms with Crippen molar-refractivity contribution < 1.29 is 13.0 Å². The molecule has 0 amide bonds. The Morgan fingerprint density at radius 1 is 1.27 bits per heavy atom. The third-order valence-electron chi connectivity index (χ3n) is 1.11. The summed E-state index contributed by atoms with van der Waals surface area (Å²) in [6, 6.07) is 8.48. The maximum absolute atomic E-state index is 8.97. The zero-order valence-electron chi connectivity index (χ0n) is 5.56. The van der Waals surface area contributed by atoms with Crippen molar-refractivity contribution in [1.82, 2.24) is 0 Å². The van der Waals surface area contributed by atoms with E-state index in [4.69, 9.17) is 13.0 Å². The van der Waals surface area contributed by atoms with Gasteiger partial charge in [-0.2, -0.15) is 8.42 Å². The molecule has 0 aromatic carbocycles. The van der Waals surface area contributed by atoms with E-state index in [0.29, 0.717) is 0 Å². The normalized spacial score (nSPS) is 11.5. The van der Waals surface area contributed by atoms with Crippen LogP contribution in [0.5, 0.6) is 0 Å². The van der Waals surface area contributed by atoms with Crippen molar-refractivity contribution in [2.75, 3.05) is 0 Å². The summed E-state index contributed by atoms with van der Waals surface area (Å²) >= 11 is 0. The largest absolute Gasteiger partial charge is 0.330 e. The predicted octanol–water partition coefficient (Wildman–Crippen LogP) is 0.415. The lowest BCUT2D eigenvalue weighted by Crippen LogP contribution is -2.08. The third-order valence-corrected chi connectivity index (χ3v) is 1.11. The van der Waals surface area contributed by atoms with Crippen LogP contribution in [0.3, 0.4) is 0 Å². The molecule has 2 rings (SSSR count). The lowest BCUT2D eigenvalue weighted by Gasteiger charge is -1.70. The van der Waals surface area contributed by atoms with Crippen LogP contribution >= 0.6 is 0 Å². The highest BCUT2D eigenvalue weighted by atomic mass is 32.2. The second-order valence-electron chi connectivity index (χ2n) is 2.10. The first-order valence-electron chi connectivity index (χ1n) is 2.82. The second kappa shape index (κ2) is 2.61. The number of hydrogen-bond donors (Lipinski definition) is 2. The second-order valence-corrected chi connectivity index (χ2v) is 3.13. The fourth-order valence-corrected chi connectivity index (χ4v) is 0.676. The molecule has 0 aromatic heterocycles. The van der Waals surface area contributed by atoms with Crippen LogP contribution in [-0.4, -0.2) is 13.0 Å². The van der Waals surface area contributed by atoms with Gasteiger partial charge in [0.1, 0.15) is 0 Å². The predicted molar refractivity (Wildman–Crippen MR) is 41.2 cm³/mol. The molecule has 0 atom stereocenters. The standard InChI is InChI=1S/C6H4.H3NO3S/c1-2-5-4-6(5)3-1;1-5(2,3)4/h1-4H;(H3,1,2,3,4). The Balaban J connectivity index is 0.000000114. The van der Waals surface area contributed by atoms with Crippen LogP contribution in [0.4, 0.5) is 0 Å². The molecule has 0 saturated heterocycles. The van der Waals surface area contributed by atoms with Crippen LogP contribution in [-0.2, 0) is 10.3 Å². The SMILES string of the molecule is NS(=O)(=O)O.c1cc2cc-2c1. The van der Waals surface area contributed by atoms with E-state index in [9.17, 15) is 0 Å². The molecule has 3 N–H and O–H groups in total. The highest BCUT2D eigenvalue weighted by Crippen LogP contribution is 2.32. The molecule has 0 bridgehead atoms. The van der Waals surface area contributed by atoms with Gasteiger partial charge in [-0.1, -0.05) is 18.2 Å². The summed E-state index contributed by atoms with van der Waals surface area (Å²) < 4.78 is 25.2. The van der Waals surface area contributed by atoms with Gasteiger partial charge in [-0.15, -0.1) is 0 Å². The van der Waals surface area contributed by atoms with Crippen molar-refractivity contribution in [2.45, 2.75) is 0 Å². The van der Waals surface area contributed by atoms with Crippen molar-refractivity contribution in [3.05, 3.63) is 24.3 Å². The number of hydrogen-bond acceptors (Lipinski definition) is 2. The summed E-state index contributed by atoms with van der Waals surface area (Å²) in [5.74, 6) is 0. The van der Waals surface area contributed by atoms with E-state index >= 15 is 0 Å². The molecule has 0 aromatic rings. The Hall–Kier alpha value is -0.910. The maximum atomic E-state index is 8.97. The molecule has 5 heteroatoms. The van der Waals surface area contributed by atoms with Gasteiger partial charge >= 0.3 is 10.3 Å². The number of benzene rings is 1. The van der Waals surface area contributed by atoms with E-state index < -0.39 is 10.3 Å². The molecule has 0 fully saturated rings. The van der Waals surface area contributed by atoms with E-state index in [1.165, 1.54) is 11.1 Å². The maximum Gasteiger partial charge on any atom is 0.330 e. The summed E-state index contributed by atoms with van der Waals surface area (Å²) in [6.45, 7) is 0. The Morgan fingerprint density at radius 2 is 1.64 bits per heavy atom. The van der Waals surface area contributed by atoms with Gasteiger partial charge in [0.2, 0.25) is 0 Å². The zero-order valence-corrected chi connectivity index (χ0v) is 6.38. The van der Waals surface area contributed by atoms with Crippen LogP contribution < -0.4 is 5.14 Å². The Morgan fingerprint density at radius 3 is 1.73 bits per heavy atom. The molecule has 60 valence electrons. The Bertz CT molecular complexity index is 333. The molecule has 0 spiro atoms. The van der Waals surface area contributed by atoms with Gasteiger partial charge in [0.15, 0.2) is 0 Å². The van der Waals surface area contributed by atoms with Crippen LogP contribution in [0.15, 0.2) is 24.3 Å². The van der Waals surface area contributed by atoms with Crippen LogP contribution in [0.25, 0.3) is 11.1 Å². The van der Waals surface area contributed by atoms with Crippen LogP contribution in [0.2, 0.25) is 0 Å². The zero-order chi connectivity index (χ0) is 8.48. The minimum atomic E-state index is -4.17. The first kappa shape index (κ1) is 8.19. The molecular formula is C6H7NO3S. The number of fused-ring (bicyclic) bond motifs is 1. The first-order valence-corrected chi connectivity index (χ1v) is 4.33.